The maximum absolute atomic E-state index is 2.32. The van der Waals surface area contributed by atoms with Gasteiger partial charge in [-0.3, -0.25) is 0 Å². The summed E-state index contributed by atoms with van der Waals surface area (Å²) in [5.74, 6) is 0. The Morgan fingerprint density at radius 3 is 2.12 bits per heavy atom. The number of aryl methyl sites for hydroxylation is 1. The van der Waals surface area contributed by atoms with E-state index in [1.807, 2.05) is 11.3 Å². The predicted octanol–water partition coefficient (Wildman–Crippen LogP) is 7.70. The second kappa shape index (κ2) is 6.12. The minimum Gasteiger partial charge on any atom is -0.135 e. The summed E-state index contributed by atoms with van der Waals surface area (Å²) in [4.78, 5) is 0. The Balaban J connectivity index is 1.77. The van der Waals surface area contributed by atoms with Gasteiger partial charge in [-0.15, -0.1) is 11.3 Å². The number of thiophene rings is 1. The van der Waals surface area contributed by atoms with Gasteiger partial charge in [0.25, 0.3) is 0 Å². The molecule has 0 aliphatic rings. The van der Waals surface area contributed by atoms with Crippen LogP contribution in [0.15, 0.2) is 91.0 Å². The van der Waals surface area contributed by atoms with Crippen LogP contribution in [0.1, 0.15) is 5.56 Å². The van der Waals surface area contributed by atoms with E-state index in [1.165, 1.54) is 48.0 Å². The van der Waals surface area contributed by atoms with Crippen LogP contribution in [0.25, 0.3) is 42.4 Å². The molecule has 1 aromatic heterocycles. The van der Waals surface area contributed by atoms with E-state index < -0.39 is 0 Å². The van der Waals surface area contributed by atoms with Gasteiger partial charge < -0.3 is 0 Å². The number of fused-ring (bicyclic) bond motifs is 3. The van der Waals surface area contributed by atoms with E-state index in [-0.39, 0.29) is 0 Å². The van der Waals surface area contributed by atoms with E-state index >= 15 is 0 Å². The smallest absolute Gasteiger partial charge is 0.0361 e. The fourth-order valence-electron chi connectivity index (χ4n) is 3.77. The van der Waals surface area contributed by atoms with E-state index in [0.29, 0.717) is 0 Å². The molecular weight excluding hydrogens is 332 g/mol. The van der Waals surface area contributed by atoms with Gasteiger partial charge in [-0.05, 0) is 52.9 Å². The predicted molar refractivity (Wildman–Crippen MR) is 115 cm³/mol. The first-order valence-electron chi connectivity index (χ1n) is 8.88. The summed E-state index contributed by atoms with van der Waals surface area (Å²) in [6, 6.07) is 32.9. The lowest BCUT2D eigenvalue weighted by Gasteiger charge is -2.10. The van der Waals surface area contributed by atoms with E-state index in [0.717, 1.165) is 0 Å². The third-order valence-electron chi connectivity index (χ3n) is 5.03. The van der Waals surface area contributed by atoms with Crippen molar-refractivity contribution in [2.24, 2.45) is 0 Å². The average molecular weight is 350 g/mol. The molecule has 0 aliphatic carbocycles. The maximum atomic E-state index is 2.32. The topological polar surface area (TPSA) is 0 Å². The van der Waals surface area contributed by atoms with Gasteiger partial charge in [-0.1, -0.05) is 72.8 Å². The molecule has 0 bridgehead atoms. The van der Waals surface area contributed by atoms with Crippen LogP contribution in [-0.2, 0) is 0 Å². The van der Waals surface area contributed by atoms with Crippen LogP contribution >= 0.6 is 11.3 Å². The van der Waals surface area contributed by atoms with Gasteiger partial charge in [-0.2, -0.15) is 0 Å². The van der Waals surface area contributed by atoms with Crippen LogP contribution in [0.2, 0.25) is 0 Å². The minimum absolute atomic E-state index is 1.28. The van der Waals surface area contributed by atoms with Crippen LogP contribution in [0.3, 0.4) is 0 Å². The van der Waals surface area contributed by atoms with Crippen LogP contribution in [0.5, 0.6) is 0 Å². The molecule has 0 aliphatic heterocycles. The maximum Gasteiger partial charge on any atom is 0.0361 e. The lowest BCUT2D eigenvalue weighted by Crippen LogP contribution is -1.85. The Hall–Kier alpha value is -2.90. The van der Waals surface area contributed by atoms with Crippen LogP contribution in [0, 0.1) is 6.92 Å². The lowest BCUT2D eigenvalue weighted by atomic mass is 9.94. The standard InChI is InChI=1S/C25H18S/c1-17-8-2-3-11-20(17)18-9-6-10-19(16-18)21-13-7-15-24-25(21)22-12-4-5-14-23(22)26-24/h2-16H,1H3. The highest BCUT2D eigenvalue weighted by Crippen LogP contribution is 2.40. The zero-order valence-corrected chi connectivity index (χ0v) is 15.4. The van der Waals surface area contributed by atoms with Crippen molar-refractivity contribution in [1.82, 2.24) is 0 Å². The molecule has 0 saturated heterocycles. The molecule has 0 atom stereocenters. The van der Waals surface area contributed by atoms with Crippen molar-refractivity contribution < 1.29 is 0 Å². The summed E-state index contributed by atoms with van der Waals surface area (Å²) in [6.45, 7) is 2.18. The summed E-state index contributed by atoms with van der Waals surface area (Å²) < 4.78 is 2.70. The highest BCUT2D eigenvalue weighted by atomic mass is 32.1. The van der Waals surface area contributed by atoms with Crippen LogP contribution < -0.4 is 0 Å². The Morgan fingerprint density at radius 1 is 0.577 bits per heavy atom. The molecule has 5 rings (SSSR count). The van der Waals surface area contributed by atoms with Crippen molar-refractivity contribution in [2.75, 3.05) is 0 Å². The molecule has 26 heavy (non-hydrogen) atoms. The third kappa shape index (κ3) is 2.44. The fraction of sp³-hybridized carbons (Fsp3) is 0.0400. The molecule has 0 nitrogen and oxygen atoms in total. The first kappa shape index (κ1) is 15.4. The largest absolute Gasteiger partial charge is 0.135 e. The molecule has 1 heteroatoms. The van der Waals surface area contributed by atoms with Crippen molar-refractivity contribution in [1.29, 1.82) is 0 Å². The average Bonchev–Trinajstić information content (AvgIpc) is 3.07. The molecule has 0 unspecified atom stereocenters. The molecule has 0 radical (unpaired) electrons. The van der Waals surface area contributed by atoms with Crippen LogP contribution in [-0.4, -0.2) is 0 Å². The van der Waals surface area contributed by atoms with Gasteiger partial charge in [0.15, 0.2) is 0 Å². The lowest BCUT2D eigenvalue weighted by molar-refractivity contribution is 1.46. The molecule has 0 fully saturated rings. The summed E-state index contributed by atoms with van der Waals surface area (Å²) >= 11 is 1.87. The molecule has 4 aromatic carbocycles. The van der Waals surface area contributed by atoms with Crippen molar-refractivity contribution in [2.45, 2.75) is 6.92 Å². The molecule has 124 valence electrons. The monoisotopic (exact) mass is 350 g/mol. The SMILES string of the molecule is Cc1ccccc1-c1cccc(-c2cccc3sc4ccccc4c23)c1. The molecule has 0 spiro atoms. The third-order valence-corrected chi connectivity index (χ3v) is 6.17. The first-order chi connectivity index (χ1) is 12.8. The quantitative estimate of drug-likeness (QED) is 0.306. The van der Waals surface area contributed by atoms with E-state index in [1.54, 1.807) is 0 Å². The molecule has 1 heterocycles. The molecule has 0 amide bonds. The normalized spacial score (nSPS) is 11.3. The first-order valence-corrected chi connectivity index (χ1v) is 9.69. The Kier molecular flexibility index (Phi) is 3.62. The van der Waals surface area contributed by atoms with Gasteiger partial charge in [0.2, 0.25) is 0 Å². The van der Waals surface area contributed by atoms with Crippen molar-refractivity contribution in [3.63, 3.8) is 0 Å². The number of benzene rings is 4. The highest BCUT2D eigenvalue weighted by molar-refractivity contribution is 7.25. The highest BCUT2D eigenvalue weighted by Gasteiger charge is 2.11. The zero-order chi connectivity index (χ0) is 17.5. The summed E-state index contributed by atoms with van der Waals surface area (Å²) in [7, 11) is 0. The number of rotatable bonds is 2. The molecular formula is C25H18S. The summed E-state index contributed by atoms with van der Waals surface area (Å²) in [6.07, 6.45) is 0. The van der Waals surface area contributed by atoms with Gasteiger partial charge in [0.05, 0.1) is 0 Å². The van der Waals surface area contributed by atoms with Crippen molar-refractivity contribution in [3.05, 3.63) is 96.6 Å². The Morgan fingerprint density at radius 2 is 1.23 bits per heavy atom. The van der Waals surface area contributed by atoms with E-state index in [9.17, 15) is 0 Å². The zero-order valence-electron chi connectivity index (χ0n) is 14.6. The van der Waals surface area contributed by atoms with Gasteiger partial charge in [0, 0.05) is 20.2 Å². The molecule has 0 saturated carbocycles. The van der Waals surface area contributed by atoms with E-state index in [2.05, 4.69) is 97.9 Å². The molecule has 5 aromatic rings. The van der Waals surface area contributed by atoms with Gasteiger partial charge in [0.1, 0.15) is 0 Å². The minimum atomic E-state index is 1.28. The van der Waals surface area contributed by atoms with E-state index in [4.69, 9.17) is 0 Å². The fourth-order valence-corrected chi connectivity index (χ4v) is 4.90. The second-order valence-electron chi connectivity index (χ2n) is 6.67. The number of hydrogen-bond donors (Lipinski definition) is 0. The Labute approximate surface area is 157 Å². The summed E-state index contributed by atoms with van der Waals surface area (Å²) in [5, 5.41) is 2.72. The van der Waals surface area contributed by atoms with Crippen molar-refractivity contribution in [3.8, 4) is 22.3 Å². The van der Waals surface area contributed by atoms with Crippen molar-refractivity contribution >= 4 is 31.5 Å². The Bertz CT molecular complexity index is 1240. The second-order valence-corrected chi connectivity index (χ2v) is 7.76. The van der Waals surface area contributed by atoms with Gasteiger partial charge >= 0.3 is 0 Å². The molecule has 0 N–H and O–H groups in total. The van der Waals surface area contributed by atoms with Gasteiger partial charge in [-0.25, -0.2) is 0 Å². The van der Waals surface area contributed by atoms with Crippen LogP contribution in [0.4, 0.5) is 0 Å². The summed E-state index contributed by atoms with van der Waals surface area (Å²) in [5.41, 5.74) is 6.48. The number of hydrogen-bond acceptors (Lipinski definition) is 1.